The van der Waals surface area contributed by atoms with Gasteiger partial charge in [-0.15, -0.1) is 0 Å². The van der Waals surface area contributed by atoms with E-state index in [1.54, 1.807) is 10.4 Å². The smallest absolute Gasteiger partial charge is 0.0656 e. The van der Waals surface area contributed by atoms with Crippen molar-refractivity contribution in [3.05, 3.63) is 95.1 Å². The molecule has 0 amide bonds. The van der Waals surface area contributed by atoms with Gasteiger partial charge in [0, 0.05) is 0 Å². The maximum absolute atomic E-state index is 2.52. The molecule has 4 aromatic carbocycles. The highest BCUT2D eigenvalue weighted by molar-refractivity contribution is 6.98. The van der Waals surface area contributed by atoms with Crippen LogP contribution >= 0.6 is 0 Å². The molecular weight excluding hydrogens is 417 g/mol. The van der Waals surface area contributed by atoms with E-state index in [0.717, 1.165) is 0 Å². The Hall–Kier alpha value is -2.69. The molecule has 0 nitrogen and oxygen atoms in total. The lowest BCUT2D eigenvalue weighted by molar-refractivity contribution is 1.69. The van der Waals surface area contributed by atoms with Crippen molar-refractivity contribution in [2.45, 2.75) is 39.3 Å². The monoisotopic (exact) mass is 446 g/mol. The van der Waals surface area contributed by atoms with E-state index in [4.69, 9.17) is 0 Å². The molecule has 0 radical (unpaired) electrons. The number of hydrogen-bond donors (Lipinski definition) is 0. The molecule has 2 heteroatoms. The lowest BCUT2D eigenvalue weighted by Gasteiger charge is -2.27. The van der Waals surface area contributed by atoms with Gasteiger partial charge in [-0.05, 0) is 65.3 Å². The second kappa shape index (κ2) is 6.43. The van der Waals surface area contributed by atoms with Crippen LogP contribution in [0.4, 0.5) is 0 Å². The molecule has 0 aromatic heterocycles. The second-order valence-corrected chi connectivity index (χ2v) is 21.4. The van der Waals surface area contributed by atoms with Crippen LogP contribution in [0, 0.1) is 0 Å². The second-order valence-electron chi connectivity index (χ2n) is 11.4. The molecule has 32 heavy (non-hydrogen) atoms. The van der Waals surface area contributed by atoms with Crippen molar-refractivity contribution < 1.29 is 0 Å². The van der Waals surface area contributed by atoms with Gasteiger partial charge in [-0.3, -0.25) is 0 Å². The fourth-order valence-corrected chi connectivity index (χ4v) is 10.2. The zero-order valence-corrected chi connectivity index (χ0v) is 21.9. The molecule has 158 valence electrons. The van der Waals surface area contributed by atoms with Gasteiger partial charge in [0.05, 0.1) is 16.1 Å². The largest absolute Gasteiger partial charge is 0.0792 e. The molecule has 0 N–H and O–H groups in total. The van der Waals surface area contributed by atoms with Crippen LogP contribution in [0.5, 0.6) is 0 Å². The first-order chi connectivity index (χ1) is 15.2. The normalized spacial score (nSPS) is 15.6. The number of rotatable bonds is 3. The van der Waals surface area contributed by atoms with Crippen molar-refractivity contribution in [1.29, 1.82) is 0 Å². The average Bonchev–Trinajstić information content (AvgIpc) is 3.24. The minimum Gasteiger partial charge on any atom is -0.0656 e. The molecule has 0 heterocycles. The zero-order valence-electron chi connectivity index (χ0n) is 19.9. The SMILES string of the molecule is C[Si](C)(C)C1=C(C2=C([Si](C)(C)C)c3cccc4cccc2c34)c2cccc3cccc1c23. The van der Waals surface area contributed by atoms with Crippen LogP contribution < -0.4 is 0 Å². The van der Waals surface area contributed by atoms with Crippen LogP contribution in [0.2, 0.25) is 39.3 Å². The molecule has 0 bridgehead atoms. The van der Waals surface area contributed by atoms with E-state index < -0.39 is 16.1 Å². The van der Waals surface area contributed by atoms with Gasteiger partial charge >= 0.3 is 0 Å². The van der Waals surface area contributed by atoms with Crippen molar-refractivity contribution >= 4 is 59.2 Å². The fraction of sp³-hybridized carbons (Fsp3) is 0.200. The van der Waals surface area contributed by atoms with Crippen LogP contribution in [-0.2, 0) is 0 Å². The average molecular weight is 447 g/mol. The minimum atomic E-state index is -1.64. The summed E-state index contributed by atoms with van der Waals surface area (Å²) < 4.78 is 0. The Morgan fingerprint density at radius 3 is 1.03 bits per heavy atom. The molecule has 4 aromatic rings. The first kappa shape index (κ1) is 20.0. The molecule has 0 aliphatic heterocycles. The summed E-state index contributed by atoms with van der Waals surface area (Å²) in [5.74, 6) is 0. The lowest BCUT2D eigenvalue weighted by atomic mass is 9.93. The van der Waals surface area contributed by atoms with Gasteiger partial charge in [-0.1, -0.05) is 112 Å². The number of allylic oxidation sites excluding steroid dienone is 2. The summed E-state index contributed by atoms with van der Waals surface area (Å²) in [5, 5.41) is 8.95. The molecular formula is C30H30Si2. The van der Waals surface area contributed by atoms with E-state index in [-0.39, 0.29) is 0 Å². The summed E-state index contributed by atoms with van der Waals surface area (Å²) in [5.41, 5.74) is 8.95. The predicted octanol–water partition coefficient (Wildman–Crippen LogP) is 8.90. The van der Waals surface area contributed by atoms with E-state index >= 15 is 0 Å². The fourth-order valence-electron chi connectivity index (χ4n) is 6.13. The third kappa shape index (κ3) is 2.60. The van der Waals surface area contributed by atoms with Gasteiger partial charge in [0.2, 0.25) is 0 Å². The first-order valence-corrected chi connectivity index (χ1v) is 18.7. The highest BCUT2D eigenvalue weighted by atomic mass is 28.3. The molecule has 6 rings (SSSR count). The standard InChI is InChI=1S/C30H30Si2/c1-31(2,3)29-23-17-9-13-19-11-7-15-21(25(19)23)27(29)28-22-16-8-12-20-14-10-18-24(26(20)22)30(28)32(4,5)6/h7-18H,1-6H3. The van der Waals surface area contributed by atoms with E-state index in [1.165, 1.54) is 54.9 Å². The van der Waals surface area contributed by atoms with Gasteiger partial charge in [-0.2, -0.15) is 0 Å². The maximum Gasteiger partial charge on any atom is 0.0792 e. The van der Waals surface area contributed by atoms with Crippen molar-refractivity contribution in [1.82, 2.24) is 0 Å². The van der Waals surface area contributed by atoms with Crippen LogP contribution in [0.3, 0.4) is 0 Å². The van der Waals surface area contributed by atoms with Gasteiger partial charge in [0.15, 0.2) is 0 Å². The third-order valence-electron chi connectivity index (χ3n) is 7.14. The van der Waals surface area contributed by atoms with E-state index in [1.807, 2.05) is 0 Å². The molecule has 2 aliphatic carbocycles. The summed E-state index contributed by atoms with van der Waals surface area (Å²) in [6.45, 7) is 15.1. The Labute approximate surface area is 193 Å². The van der Waals surface area contributed by atoms with Gasteiger partial charge in [0.25, 0.3) is 0 Å². The molecule has 2 aliphatic rings. The van der Waals surface area contributed by atoms with Gasteiger partial charge < -0.3 is 0 Å². The maximum atomic E-state index is 2.52. The van der Waals surface area contributed by atoms with Crippen molar-refractivity contribution in [2.75, 3.05) is 0 Å². The predicted molar refractivity (Wildman–Crippen MR) is 148 cm³/mol. The summed E-state index contributed by atoms with van der Waals surface area (Å²) in [6.07, 6.45) is 0. The quantitative estimate of drug-likeness (QED) is 0.276. The molecule has 0 fully saturated rings. The Balaban J connectivity index is 1.83. The van der Waals surface area contributed by atoms with Crippen molar-refractivity contribution in [2.24, 2.45) is 0 Å². The van der Waals surface area contributed by atoms with Crippen LogP contribution in [-0.4, -0.2) is 16.1 Å². The molecule has 0 saturated heterocycles. The van der Waals surface area contributed by atoms with Gasteiger partial charge in [-0.25, -0.2) is 0 Å². The zero-order chi connectivity index (χ0) is 22.4. The van der Waals surface area contributed by atoms with Gasteiger partial charge in [0.1, 0.15) is 0 Å². The highest BCUT2D eigenvalue weighted by Crippen LogP contribution is 2.57. The van der Waals surface area contributed by atoms with E-state index in [0.29, 0.717) is 0 Å². The van der Waals surface area contributed by atoms with Crippen molar-refractivity contribution in [3.8, 4) is 0 Å². The number of benzene rings is 4. The van der Waals surface area contributed by atoms with Crippen LogP contribution in [0.15, 0.2) is 72.8 Å². The molecule has 0 atom stereocenters. The Morgan fingerprint density at radius 1 is 0.406 bits per heavy atom. The van der Waals surface area contributed by atoms with Crippen molar-refractivity contribution in [3.63, 3.8) is 0 Å². The summed E-state index contributed by atoms with van der Waals surface area (Å²) >= 11 is 0. The van der Waals surface area contributed by atoms with Crippen LogP contribution in [0.1, 0.15) is 22.3 Å². The molecule has 0 saturated carbocycles. The summed E-state index contributed by atoms with van der Waals surface area (Å²) in [6, 6.07) is 27.7. The molecule has 0 unspecified atom stereocenters. The minimum absolute atomic E-state index is 1.37. The lowest BCUT2D eigenvalue weighted by Crippen LogP contribution is -2.25. The first-order valence-electron chi connectivity index (χ1n) is 11.7. The third-order valence-corrected chi connectivity index (χ3v) is 11.2. The summed E-state index contributed by atoms with van der Waals surface area (Å²) in [4.78, 5) is 0. The Kier molecular flexibility index (Phi) is 4.01. The Morgan fingerprint density at radius 2 is 0.719 bits per heavy atom. The molecule has 0 spiro atoms. The van der Waals surface area contributed by atoms with Crippen LogP contribution in [0.25, 0.3) is 43.1 Å². The van der Waals surface area contributed by atoms with E-state index in [2.05, 4.69) is 112 Å². The van der Waals surface area contributed by atoms with E-state index in [9.17, 15) is 0 Å². The topological polar surface area (TPSA) is 0 Å². The highest BCUT2D eigenvalue weighted by Gasteiger charge is 2.40. The summed E-state index contributed by atoms with van der Waals surface area (Å²) in [7, 11) is -3.28. The number of hydrogen-bond acceptors (Lipinski definition) is 0. The Bertz CT molecular complexity index is 1390.